The van der Waals surface area contributed by atoms with Crippen LogP contribution in [0, 0.1) is 6.92 Å². The van der Waals surface area contributed by atoms with Crippen LogP contribution in [0.2, 0.25) is 0 Å². The average molecular weight is 276 g/mol. The fourth-order valence-electron chi connectivity index (χ4n) is 2.09. The van der Waals surface area contributed by atoms with Crippen LogP contribution in [-0.2, 0) is 15.1 Å². The van der Waals surface area contributed by atoms with Crippen molar-refractivity contribution < 1.29 is 9.53 Å². The zero-order valence-electron chi connectivity index (χ0n) is 12.1. The number of nitrogens with one attached hydrogen (secondary N) is 1. The Hall–Kier alpha value is -2.04. The van der Waals surface area contributed by atoms with Crippen LogP contribution in [0.25, 0.3) is 10.4 Å². The van der Waals surface area contributed by atoms with Crippen LogP contribution in [0.3, 0.4) is 0 Å². The second-order valence-electron chi connectivity index (χ2n) is 4.54. The number of benzene rings is 1. The van der Waals surface area contributed by atoms with Gasteiger partial charge in [-0.05, 0) is 37.4 Å². The molecule has 0 aliphatic carbocycles. The molecule has 0 heterocycles. The van der Waals surface area contributed by atoms with Gasteiger partial charge in [-0.2, -0.15) is 0 Å². The molecule has 0 saturated carbocycles. The summed E-state index contributed by atoms with van der Waals surface area (Å²) in [5.74, 6) is -0.338. The first-order chi connectivity index (χ1) is 9.56. The Labute approximate surface area is 118 Å². The molecule has 0 radical (unpaired) electrons. The van der Waals surface area contributed by atoms with E-state index in [0.29, 0.717) is 13.2 Å². The molecular formula is C14H20N4O2. The summed E-state index contributed by atoms with van der Waals surface area (Å²) in [6, 6.07) is 7.65. The van der Waals surface area contributed by atoms with Crippen molar-refractivity contribution in [1.29, 1.82) is 0 Å². The second-order valence-corrected chi connectivity index (χ2v) is 4.54. The quantitative estimate of drug-likeness (QED) is 0.273. The lowest BCUT2D eigenvalue weighted by Gasteiger charge is -2.30. The largest absolute Gasteiger partial charge is 0.464 e. The number of carbonyl (C=O) groups is 1. The fourth-order valence-corrected chi connectivity index (χ4v) is 2.09. The molecular weight excluding hydrogens is 256 g/mol. The number of hydrogen-bond acceptors (Lipinski definition) is 4. The Bertz CT molecular complexity index is 512. The molecule has 1 atom stereocenters. The molecule has 1 aromatic carbocycles. The fraction of sp³-hybridized carbons (Fsp3) is 0.500. The van der Waals surface area contributed by atoms with E-state index in [1.54, 1.807) is 13.8 Å². The predicted molar refractivity (Wildman–Crippen MR) is 77.2 cm³/mol. The van der Waals surface area contributed by atoms with E-state index in [0.717, 1.165) is 11.1 Å². The highest BCUT2D eigenvalue weighted by Gasteiger charge is 2.37. The van der Waals surface area contributed by atoms with Crippen LogP contribution >= 0.6 is 0 Å². The van der Waals surface area contributed by atoms with Crippen molar-refractivity contribution in [2.45, 2.75) is 26.3 Å². The predicted octanol–water partition coefficient (Wildman–Crippen LogP) is 2.67. The molecule has 0 saturated heterocycles. The molecule has 1 aromatic rings. The number of ether oxygens (including phenoxy) is 1. The number of hydrogen-bond donors (Lipinski definition) is 1. The van der Waals surface area contributed by atoms with E-state index in [4.69, 9.17) is 10.3 Å². The maximum Gasteiger partial charge on any atom is 0.330 e. The van der Waals surface area contributed by atoms with Crippen LogP contribution in [0.4, 0.5) is 0 Å². The van der Waals surface area contributed by atoms with Gasteiger partial charge in [0, 0.05) is 18.0 Å². The number of esters is 1. The Morgan fingerprint density at radius 1 is 1.50 bits per heavy atom. The third kappa shape index (κ3) is 3.73. The maximum atomic E-state index is 12.3. The Balaban J connectivity index is 3.03. The molecule has 1 unspecified atom stereocenters. The van der Waals surface area contributed by atoms with Gasteiger partial charge in [0.2, 0.25) is 0 Å². The van der Waals surface area contributed by atoms with Crippen molar-refractivity contribution in [1.82, 2.24) is 5.32 Å². The summed E-state index contributed by atoms with van der Waals surface area (Å²) in [5, 5.41) is 6.60. The van der Waals surface area contributed by atoms with Crippen molar-refractivity contribution in [2.75, 3.05) is 19.7 Å². The zero-order valence-corrected chi connectivity index (χ0v) is 12.1. The van der Waals surface area contributed by atoms with Gasteiger partial charge in [-0.3, -0.25) is 5.32 Å². The first-order valence-electron chi connectivity index (χ1n) is 6.55. The summed E-state index contributed by atoms with van der Waals surface area (Å²) >= 11 is 0. The van der Waals surface area contributed by atoms with Gasteiger partial charge in [0.15, 0.2) is 0 Å². The Morgan fingerprint density at radius 3 is 2.80 bits per heavy atom. The molecule has 0 bridgehead atoms. The normalized spacial score (nSPS) is 13.2. The monoisotopic (exact) mass is 276 g/mol. The number of carbonyl (C=O) groups excluding carboxylic acids is 1. The Morgan fingerprint density at radius 2 is 2.20 bits per heavy atom. The molecule has 6 heteroatoms. The smallest absolute Gasteiger partial charge is 0.330 e. The van der Waals surface area contributed by atoms with Gasteiger partial charge in [0.05, 0.1) is 6.61 Å². The van der Waals surface area contributed by atoms with Gasteiger partial charge < -0.3 is 4.74 Å². The van der Waals surface area contributed by atoms with Crippen LogP contribution in [0.1, 0.15) is 25.0 Å². The highest BCUT2D eigenvalue weighted by Crippen LogP contribution is 2.25. The van der Waals surface area contributed by atoms with Crippen LogP contribution in [-0.4, -0.2) is 25.7 Å². The standard InChI is InChI=1S/C14H20N4O2/c1-4-20-13(19)14(3,16-9-10-17-18-15)12-8-6-5-7-11(12)2/h5-8,16H,4,9-10H2,1-3H3. The molecule has 0 aliphatic rings. The minimum absolute atomic E-state index is 0.275. The number of rotatable bonds is 7. The molecule has 0 amide bonds. The third-order valence-electron chi connectivity index (χ3n) is 3.12. The summed E-state index contributed by atoms with van der Waals surface area (Å²) in [4.78, 5) is 15.0. The summed E-state index contributed by atoms with van der Waals surface area (Å²) < 4.78 is 5.17. The van der Waals surface area contributed by atoms with E-state index in [-0.39, 0.29) is 12.5 Å². The minimum atomic E-state index is -0.952. The van der Waals surface area contributed by atoms with E-state index in [2.05, 4.69) is 15.3 Å². The minimum Gasteiger partial charge on any atom is -0.464 e. The highest BCUT2D eigenvalue weighted by atomic mass is 16.5. The van der Waals surface area contributed by atoms with Gasteiger partial charge in [0.25, 0.3) is 0 Å². The molecule has 1 rings (SSSR count). The van der Waals surface area contributed by atoms with E-state index < -0.39 is 5.54 Å². The van der Waals surface area contributed by atoms with E-state index in [9.17, 15) is 4.79 Å². The Kier molecular flexibility index (Phi) is 6.03. The van der Waals surface area contributed by atoms with E-state index >= 15 is 0 Å². The molecule has 1 N–H and O–H groups in total. The van der Waals surface area contributed by atoms with Crippen molar-refractivity contribution in [2.24, 2.45) is 5.11 Å². The zero-order chi connectivity index (χ0) is 15.0. The van der Waals surface area contributed by atoms with Gasteiger partial charge in [-0.15, -0.1) is 0 Å². The second kappa shape index (κ2) is 7.53. The molecule has 108 valence electrons. The van der Waals surface area contributed by atoms with Crippen LogP contribution < -0.4 is 5.32 Å². The van der Waals surface area contributed by atoms with Crippen molar-refractivity contribution in [3.05, 3.63) is 45.8 Å². The van der Waals surface area contributed by atoms with E-state index in [1.807, 2.05) is 31.2 Å². The summed E-state index contributed by atoms with van der Waals surface area (Å²) in [7, 11) is 0. The van der Waals surface area contributed by atoms with Gasteiger partial charge >= 0.3 is 5.97 Å². The lowest BCUT2D eigenvalue weighted by Crippen LogP contribution is -2.49. The first kappa shape index (κ1) is 16.0. The molecule has 20 heavy (non-hydrogen) atoms. The number of aryl methyl sites for hydroxylation is 1. The van der Waals surface area contributed by atoms with Crippen LogP contribution in [0.15, 0.2) is 29.4 Å². The van der Waals surface area contributed by atoms with Crippen molar-refractivity contribution in [3.8, 4) is 0 Å². The summed E-state index contributed by atoms with van der Waals surface area (Å²) in [5.41, 5.74) is 9.20. The lowest BCUT2D eigenvalue weighted by molar-refractivity contribution is -0.151. The highest BCUT2D eigenvalue weighted by molar-refractivity contribution is 5.82. The SMILES string of the molecule is CCOC(=O)C(C)(NCCN=[N+]=[N-])c1ccccc1C. The molecule has 0 aliphatic heterocycles. The molecule has 6 nitrogen and oxygen atoms in total. The number of nitrogens with zero attached hydrogens (tertiary/aromatic N) is 3. The van der Waals surface area contributed by atoms with Crippen LogP contribution in [0.5, 0.6) is 0 Å². The third-order valence-corrected chi connectivity index (χ3v) is 3.12. The van der Waals surface area contributed by atoms with Gasteiger partial charge in [-0.25, -0.2) is 4.79 Å². The van der Waals surface area contributed by atoms with Crippen molar-refractivity contribution >= 4 is 5.97 Å². The molecule has 0 aromatic heterocycles. The lowest BCUT2D eigenvalue weighted by atomic mass is 9.88. The molecule has 0 spiro atoms. The summed E-state index contributed by atoms with van der Waals surface area (Å²) in [6.07, 6.45) is 0. The average Bonchev–Trinajstić information content (AvgIpc) is 2.44. The first-order valence-corrected chi connectivity index (χ1v) is 6.55. The molecule has 0 fully saturated rings. The number of azide groups is 1. The van der Waals surface area contributed by atoms with Gasteiger partial charge in [0.1, 0.15) is 5.54 Å². The maximum absolute atomic E-state index is 12.3. The van der Waals surface area contributed by atoms with E-state index in [1.165, 1.54) is 0 Å². The topological polar surface area (TPSA) is 87.1 Å². The summed E-state index contributed by atoms with van der Waals surface area (Å²) in [6.45, 7) is 6.49. The van der Waals surface area contributed by atoms with Gasteiger partial charge in [-0.1, -0.05) is 29.4 Å². The van der Waals surface area contributed by atoms with Crippen molar-refractivity contribution in [3.63, 3.8) is 0 Å².